The van der Waals surface area contributed by atoms with Crippen LogP contribution in [-0.4, -0.2) is 43.2 Å². The van der Waals surface area contributed by atoms with E-state index in [-0.39, 0.29) is 24.2 Å². The van der Waals surface area contributed by atoms with Gasteiger partial charge in [-0.15, -0.1) is 0 Å². The predicted molar refractivity (Wildman–Crippen MR) is 74.4 cm³/mol. The highest BCUT2D eigenvalue weighted by Crippen LogP contribution is 2.31. The summed E-state index contributed by atoms with van der Waals surface area (Å²) in [5.41, 5.74) is 1.05. The Bertz CT molecular complexity index is 500. The number of carbonyl (C=O) groups excluding carboxylic acids is 1. The van der Waals surface area contributed by atoms with Crippen LogP contribution >= 0.6 is 0 Å². The van der Waals surface area contributed by atoms with E-state index in [4.69, 9.17) is 9.47 Å². The molecule has 1 amide bonds. The smallest absolute Gasteiger partial charge is 0.241 e. The molecule has 1 aromatic carbocycles. The molecule has 2 fully saturated rings. The van der Waals surface area contributed by atoms with Crippen molar-refractivity contribution in [2.24, 2.45) is 0 Å². The van der Waals surface area contributed by atoms with Crippen molar-refractivity contribution in [3.63, 3.8) is 0 Å². The summed E-state index contributed by atoms with van der Waals surface area (Å²) in [6.07, 6.45) is 0.806. The highest BCUT2D eigenvalue weighted by atomic mass is 16.5. The molecule has 108 valence electrons. The van der Waals surface area contributed by atoms with Crippen LogP contribution in [0.5, 0.6) is 5.75 Å². The Morgan fingerprint density at radius 2 is 2.30 bits per heavy atom. The zero-order valence-corrected chi connectivity index (χ0v) is 11.8. The van der Waals surface area contributed by atoms with Crippen molar-refractivity contribution < 1.29 is 14.3 Å². The van der Waals surface area contributed by atoms with E-state index in [1.165, 1.54) is 0 Å². The van der Waals surface area contributed by atoms with E-state index in [2.05, 4.69) is 5.32 Å². The molecule has 2 aliphatic heterocycles. The third kappa shape index (κ3) is 2.27. The molecule has 5 heteroatoms. The molecule has 2 saturated heterocycles. The number of rotatable bonds is 3. The topological polar surface area (TPSA) is 50.8 Å². The van der Waals surface area contributed by atoms with Crippen molar-refractivity contribution in [1.29, 1.82) is 0 Å². The van der Waals surface area contributed by atoms with E-state index in [0.29, 0.717) is 6.61 Å². The van der Waals surface area contributed by atoms with Crippen LogP contribution < -0.4 is 10.1 Å². The first-order valence-electron chi connectivity index (χ1n) is 7.00. The van der Waals surface area contributed by atoms with Gasteiger partial charge in [0.1, 0.15) is 11.9 Å². The molecule has 2 aliphatic rings. The minimum absolute atomic E-state index is 0.0979. The minimum Gasteiger partial charge on any atom is -0.497 e. The Morgan fingerprint density at radius 1 is 1.45 bits per heavy atom. The third-order valence-corrected chi connectivity index (χ3v) is 4.02. The van der Waals surface area contributed by atoms with Gasteiger partial charge >= 0.3 is 0 Å². The van der Waals surface area contributed by atoms with Crippen molar-refractivity contribution in [2.75, 3.05) is 20.3 Å². The van der Waals surface area contributed by atoms with Gasteiger partial charge < -0.3 is 14.4 Å². The van der Waals surface area contributed by atoms with Gasteiger partial charge in [0.25, 0.3) is 0 Å². The monoisotopic (exact) mass is 276 g/mol. The number of ether oxygens (including phenoxy) is 2. The molecule has 1 aromatic rings. The molecule has 2 heterocycles. The molecule has 5 nitrogen and oxygen atoms in total. The zero-order chi connectivity index (χ0) is 14.1. The fourth-order valence-electron chi connectivity index (χ4n) is 2.94. The van der Waals surface area contributed by atoms with Gasteiger partial charge in [0.05, 0.1) is 25.8 Å². The molecule has 3 rings (SSSR count). The first kappa shape index (κ1) is 13.4. The molecular weight excluding hydrogens is 256 g/mol. The van der Waals surface area contributed by atoms with Gasteiger partial charge in [0, 0.05) is 6.61 Å². The first-order chi connectivity index (χ1) is 9.70. The second kappa shape index (κ2) is 5.42. The van der Waals surface area contributed by atoms with Crippen molar-refractivity contribution in [2.45, 2.75) is 31.6 Å². The van der Waals surface area contributed by atoms with Gasteiger partial charge in [-0.2, -0.15) is 0 Å². The SMILES string of the molecule is COc1cccc(C2NC(C)C(=O)N2C2CCOC2)c1. The van der Waals surface area contributed by atoms with Crippen LogP contribution in [-0.2, 0) is 9.53 Å². The van der Waals surface area contributed by atoms with Crippen molar-refractivity contribution in [3.8, 4) is 5.75 Å². The average Bonchev–Trinajstić information content (AvgIpc) is 3.08. The van der Waals surface area contributed by atoms with Crippen LogP contribution in [0.15, 0.2) is 24.3 Å². The molecular formula is C15H20N2O3. The fraction of sp³-hybridized carbons (Fsp3) is 0.533. The third-order valence-electron chi connectivity index (χ3n) is 4.02. The van der Waals surface area contributed by atoms with Gasteiger partial charge in [-0.3, -0.25) is 10.1 Å². The number of nitrogens with one attached hydrogen (secondary N) is 1. The number of hydrogen-bond acceptors (Lipinski definition) is 4. The Labute approximate surface area is 118 Å². The lowest BCUT2D eigenvalue weighted by Crippen LogP contribution is -2.40. The number of nitrogens with zero attached hydrogens (tertiary/aromatic N) is 1. The lowest BCUT2D eigenvalue weighted by Gasteiger charge is -2.29. The number of methoxy groups -OCH3 is 1. The molecule has 3 atom stereocenters. The Morgan fingerprint density at radius 3 is 3.00 bits per heavy atom. The largest absolute Gasteiger partial charge is 0.497 e. The summed E-state index contributed by atoms with van der Waals surface area (Å²) >= 11 is 0. The van der Waals surface area contributed by atoms with E-state index in [1.54, 1.807) is 7.11 Å². The highest BCUT2D eigenvalue weighted by Gasteiger charge is 2.42. The zero-order valence-electron chi connectivity index (χ0n) is 11.8. The molecule has 0 radical (unpaired) electrons. The van der Waals surface area contributed by atoms with Gasteiger partial charge in [-0.25, -0.2) is 0 Å². The van der Waals surface area contributed by atoms with Gasteiger partial charge in [-0.1, -0.05) is 12.1 Å². The molecule has 1 N–H and O–H groups in total. The second-order valence-electron chi connectivity index (χ2n) is 5.33. The summed E-state index contributed by atoms with van der Waals surface area (Å²) in [6, 6.07) is 7.86. The quantitative estimate of drug-likeness (QED) is 0.904. The molecule has 0 aliphatic carbocycles. The second-order valence-corrected chi connectivity index (χ2v) is 5.33. The van der Waals surface area contributed by atoms with E-state index >= 15 is 0 Å². The minimum atomic E-state index is -0.160. The maximum absolute atomic E-state index is 12.4. The fourth-order valence-corrected chi connectivity index (χ4v) is 2.94. The maximum atomic E-state index is 12.4. The van der Waals surface area contributed by atoms with Crippen molar-refractivity contribution in [1.82, 2.24) is 10.2 Å². The van der Waals surface area contributed by atoms with Crippen LogP contribution in [0, 0.1) is 0 Å². The standard InChI is InChI=1S/C15H20N2O3/c1-10-15(18)17(12-6-7-20-9-12)14(16-10)11-4-3-5-13(8-11)19-2/h3-5,8,10,12,14,16H,6-7,9H2,1-2H3. The number of hydrogen-bond donors (Lipinski definition) is 1. The number of benzene rings is 1. The van der Waals surface area contributed by atoms with Crippen molar-refractivity contribution in [3.05, 3.63) is 29.8 Å². The van der Waals surface area contributed by atoms with Crippen LogP contribution in [0.25, 0.3) is 0 Å². The molecule has 3 unspecified atom stereocenters. The summed E-state index contributed by atoms with van der Waals surface area (Å²) in [4.78, 5) is 14.3. The van der Waals surface area contributed by atoms with Gasteiger partial charge in [-0.05, 0) is 31.0 Å². The van der Waals surface area contributed by atoms with Crippen molar-refractivity contribution >= 4 is 5.91 Å². The Hall–Kier alpha value is -1.59. The van der Waals surface area contributed by atoms with E-state index in [9.17, 15) is 4.79 Å². The van der Waals surface area contributed by atoms with Gasteiger partial charge in [0.2, 0.25) is 5.91 Å². The summed E-state index contributed by atoms with van der Waals surface area (Å²) in [5.74, 6) is 0.951. The summed E-state index contributed by atoms with van der Waals surface area (Å²) in [7, 11) is 1.65. The summed E-state index contributed by atoms with van der Waals surface area (Å²) in [5, 5.41) is 3.36. The molecule has 0 aromatic heterocycles. The normalized spacial score (nSPS) is 30.0. The average molecular weight is 276 g/mol. The van der Waals surface area contributed by atoms with Gasteiger partial charge in [0.15, 0.2) is 0 Å². The molecule has 0 saturated carbocycles. The summed E-state index contributed by atoms with van der Waals surface area (Å²) < 4.78 is 10.7. The maximum Gasteiger partial charge on any atom is 0.241 e. The van der Waals surface area contributed by atoms with Crippen LogP contribution in [0.4, 0.5) is 0 Å². The highest BCUT2D eigenvalue weighted by molar-refractivity contribution is 5.84. The van der Waals surface area contributed by atoms with Crippen LogP contribution in [0.1, 0.15) is 25.1 Å². The molecule has 0 bridgehead atoms. The van der Waals surface area contributed by atoms with Crippen LogP contribution in [0.3, 0.4) is 0 Å². The molecule has 0 spiro atoms. The Kier molecular flexibility index (Phi) is 3.63. The van der Waals surface area contributed by atoms with E-state index < -0.39 is 0 Å². The van der Waals surface area contributed by atoms with E-state index in [0.717, 1.165) is 24.3 Å². The summed E-state index contributed by atoms with van der Waals surface area (Å²) in [6.45, 7) is 3.26. The number of amides is 1. The van der Waals surface area contributed by atoms with E-state index in [1.807, 2.05) is 36.1 Å². The first-order valence-corrected chi connectivity index (χ1v) is 7.00. The van der Waals surface area contributed by atoms with Crippen LogP contribution in [0.2, 0.25) is 0 Å². The Balaban J connectivity index is 1.90. The lowest BCUT2D eigenvalue weighted by molar-refractivity contribution is -0.132. The predicted octanol–water partition coefficient (Wildman–Crippen LogP) is 1.30. The lowest BCUT2D eigenvalue weighted by atomic mass is 10.1. The molecule has 20 heavy (non-hydrogen) atoms. The number of carbonyl (C=O) groups is 1.